The van der Waals surface area contributed by atoms with Crippen LogP contribution in [0.1, 0.15) is 33.3 Å². The minimum Gasteiger partial charge on any atom is -0.350 e. The van der Waals surface area contributed by atoms with Gasteiger partial charge in [0.1, 0.15) is 0 Å². The van der Waals surface area contributed by atoms with E-state index in [1.807, 2.05) is 20.8 Å². The number of nitrogens with one attached hydrogen (secondary N) is 2. The summed E-state index contributed by atoms with van der Waals surface area (Å²) in [7, 11) is 1.62. The maximum atomic E-state index is 12.5. The second-order valence-corrected chi connectivity index (χ2v) is 6.95. The zero-order valence-corrected chi connectivity index (χ0v) is 15.0. The third-order valence-corrected chi connectivity index (χ3v) is 3.43. The Bertz CT molecular complexity index is 607. The van der Waals surface area contributed by atoms with Crippen LogP contribution in [0.3, 0.4) is 0 Å². The summed E-state index contributed by atoms with van der Waals surface area (Å²) in [5.74, 6) is -0.630. The molecule has 0 aliphatic rings. The number of hydrogen-bond acceptors (Lipinski definition) is 3. The van der Waals surface area contributed by atoms with E-state index in [-0.39, 0.29) is 23.7 Å². The summed E-state index contributed by atoms with van der Waals surface area (Å²) in [6, 6.07) is 3.56. The lowest BCUT2D eigenvalue weighted by Gasteiger charge is -2.26. The quantitative estimate of drug-likeness (QED) is 0.850. The van der Waals surface area contributed by atoms with Crippen LogP contribution < -0.4 is 10.6 Å². The number of benzene rings is 1. The molecule has 1 atom stereocenters. The van der Waals surface area contributed by atoms with Crippen LogP contribution in [-0.2, 0) is 15.8 Å². The van der Waals surface area contributed by atoms with Crippen molar-refractivity contribution in [2.45, 2.75) is 45.5 Å². The highest BCUT2D eigenvalue weighted by molar-refractivity contribution is 5.94. The van der Waals surface area contributed by atoms with E-state index in [9.17, 15) is 22.8 Å². The van der Waals surface area contributed by atoms with Gasteiger partial charge in [0.2, 0.25) is 11.8 Å². The fourth-order valence-electron chi connectivity index (χ4n) is 2.01. The number of anilines is 1. The summed E-state index contributed by atoms with van der Waals surface area (Å²) in [4.78, 5) is 25.6. The Kier molecular flexibility index (Phi) is 6.59. The summed E-state index contributed by atoms with van der Waals surface area (Å²) < 4.78 is 37.6. The fraction of sp³-hybridized carbons (Fsp3) is 0.529. The van der Waals surface area contributed by atoms with E-state index in [1.54, 1.807) is 18.9 Å². The predicted molar refractivity (Wildman–Crippen MR) is 90.1 cm³/mol. The van der Waals surface area contributed by atoms with Crippen LogP contribution in [0.15, 0.2) is 24.3 Å². The van der Waals surface area contributed by atoms with Crippen molar-refractivity contribution in [2.24, 2.45) is 0 Å². The maximum Gasteiger partial charge on any atom is 0.416 e. The summed E-state index contributed by atoms with van der Waals surface area (Å²) >= 11 is 0. The molecule has 0 spiro atoms. The summed E-state index contributed by atoms with van der Waals surface area (Å²) in [6.07, 6.45) is -4.42. The molecule has 0 heterocycles. The summed E-state index contributed by atoms with van der Waals surface area (Å²) in [6.45, 7) is 7.20. The SMILES string of the molecule is C[C@H](C(=O)Nc1ccc(C(F)(F)F)cc1)N(C)CC(=O)NC(C)(C)C. The Morgan fingerprint density at radius 2 is 1.64 bits per heavy atom. The number of amides is 2. The molecular formula is C17H24F3N3O2. The van der Waals surface area contributed by atoms with Gasteiger partial charge in [0.25, 0.3) is 0 Å². The largest absolute Gasteiger partial charge is 0.416 e. The van der Waals surface area contributed by atoms with Gasteiger partial charge in [-0.3, -0.25) is 14.5 Å². The molecule has 1 aromatic rings. The number of carbonyl (C=O) groups is 2. The van der Waals surface area contributed by atoms with Gasteiger partial charge in [-0.05, 0) is 59.0 Å². The van der Waals surface area contributed by atoms with Crippen LogP contribution in [0.4, 0.5) is 18.9 Å². The van der Waals surface area contributed by atoms with Crippen LogP contribution in [0.2, 0.25) is 0 Å². The van der Waals surface area contributed by atoms with Crippen LogP contribution in [0, 0.1) is 0 Å². The standard InChI is InChI=1S/C17H24F3N3O2/c1-11(23(5)10-14(24)22-16(2,3)4)15(25)21-13-8-6-12(7-9-13)17(18,19)20/h6-9,11H,10H2,1-5H3,(H,21,25)(H,22,24)/t11-/m1/s1. The van der Waals surface area contributed by atoms with Gasteiger partial charge in [0, 0.05) is 11.2 Å². The second-order valence-electron chi connectivity index (χ2n) is 6.95. The molecule has 0 aromatic heterocycles. The normalized spacial score (nSPS) is 13.5. The van der Waals surface area contributed by atoms with E-state index >= 15 is 0 Å². The lowest BCUT2D eigenvalue weighted by Crippen LogP contribution is -2.49. The Morgan fingerprint density at radius 1 is 1.12 bits per heavy atom. The van der Waals surface area contributed by atoms with E-state index in [1.165, 1.54) is 12.1 Å². The number of nitrogens with zero attached hydrogens (tertiary/aromatic N) is 1. The van der Waals surface area contributed by atoms with Crippen LogP contribution >= 0.6 is 0 Å². The highest BCUT2D eigenvalue weighted by Crippen LogP contribution is 2.29. The van der Waals surface area contributed by atoms with E-state index < -0.39 is 23.7 Å². The Hall–Kier alpha value is -2.09. The van der Waals surface area contributed by atoms with Crippen molar-refractivity contribution in [3.8, 4) is 0 Å². The number of likely N-dealkylation sites (N-methyl/N-ethyl adjacent to an activating group) is 1. The Morgan fingerprint density at radius 3 is 2.08 bits per heavy atom. The lowest BCUT2D eigenvalue weighted by atomic mass is 10.1. The van der Waals surface area contributed by atoms with Gasteiger partial charge in [0.05, 0.1) is 18.2 Å². The molecule has 5 nitrogen and oxygen atoms in total. The molecule has 2 amide bonds. The van der Waals surface area contributed by atoms with Crippen LogP contribution in [-0.4, -0.2) is 41.9 Å². The lowest BCUT2D eigenvalue weighted by molar-refractivity contribution is -0.137. The van der Waals surface area contributed by atoms with Crippen molar-refractivity contribution in [2.75, 3.05) is 18.9 Å². The van der Waals surface area contributed by atoms with Gasteiger partial charge in [-0.1, -0.05) is 0 Å². The molecule has 2 N–H and O–H groups in total. The van der Waals surface area contributed by atoms with E-state index in [0.29, 0.717) is 0 Å². The van der Waals surface area contributed by atoms with E-state index in [4.69, 9.17) is 0 Å². The number of hydrogen-bond donors (Lipinski definition) is 2. The molecule has 25 heavy (non-hydrogen) atoms. The molecule has 0 radical (unpaired) electrons. The van der Waals surface area contributed by atoms with Crippen LogP contribution in [0.5, 0.6) is 0 Å². The maximum absolute atomic E-state index is 12.5. The van der Waals surface area contributed by atoms with Crippen molar-refractivity contribution in [1.29, 1.82) is 0 Å². The molecule has 8 heteroatoms. The van der Waals surface area contributed by atoms with Crippen molar-refractivity contribution < 1.29 is 22.8 Å². The van der Waals surface area contributed by atoms with Crippen molar-refractivity contribution in [1.82, 2.24) is 10.2 Å². The molecule has 0 aliphatic heterocycles. The van der Waals surface area contributed by atoms with Gasteiger partial charge >= 0.3 is 6.18 Å². The first-order chi connectivity index (χ1) is 11.3. The first-order valence-corrected chi connectivity index (χ1v) is 7.79. The summed E-state index contributed by atoms with van der Waals surface area (Å²) in [5, 5.41) is 5.34. The van der Waals surface area contributed by atoms with Gasteiger partial charge in [-0.25, -0.2) is 0 Å². The van der Waals surface area contributed by atoms with Crippen molar-refractivity contribution >= 4 is 17.5 Å². The first kappa shape index (κ1) is 21.0. The highest BCUT2D eigenvalue weighted by atomic mass is 19.4. The molecule has 1 aromatic carbocycles. The third kappa shape index (κ3) is 7.13. The molecular weight excluding hydrogens is 335 g/mol. The molecule has 0 saturated heterocycles. The number of halogens is 3. The Balaban J connectivity index is 2.62. The molecule has 1 rings (SSSR count). The average Bonchev–Trinajstić information content (AvgIpc) is 2.43. The van der Waals surface area contributed by atoms with E-state index in [2.05, 4.69) is 10.6 Å². The van der Waals surface area contributed by atoms with Crippen molar-refractivity contribution in [3.05, 3.63) is 29.8 Å². The monoisotopic (exact) mass is 359 g/mol. The zero-order valence-electron chi connectivity index (χ0n) is 15.0. The van der Waals surface area contributed by atoms with Gasteiger partial charge in [0.15, 0.2) is 0 Å². The Labute approximate surface area is 145 Å². The third-order valence-electron chi connectivity index (χ3n) is 3.43. The highest BCUT2D eigenvalue weighted by Gasteiger charge is 2.30. The first-order valence-electron chi connectivity index (χ1n) is 7.79. The van der Waals surface area contributed by atoms with E-state index in [0.717, 1.165) is 12.1 Å². The molecule has 0 bridgehead atoms. The molecule has 0 saturated carbocycles. The molecule has 0 unspecified atom stereocenters. The topological polar surface area (TPSA) is 61.4 Å². The number of alkyl halides is 3. The average molecular weight is 359 g/mol. The van der Waals surface area contributed by atoms with Crippen molar-refractivity contribution in [3.63, 3.8) is 0 Å². The van der Waals surface area contributed by atoms with Gasteiger partial charge in [-0.2, -0.15) is 13.2 Å². The second kappa shape index (κ2) is 7.86. The zero-order chi connectivity index (χ0) is 19.4. The van der Waals surface area contributed by atoms with Gasteiger partial charge in [-0.15, -0.1) is 0 Å². The number of rotatable bonds is 5. The molecule has 0 fully saturated rings. The minimum absolute atomic E-state index is 0.0267. The fourth-order valence-corrected chi connectivity index (χ4v) is 2.01. The molecule has 0 aliphatic carbocycles. The van der Waals surface area contributed by atoms with Gasteiger partial charge < -0.3 is 10.6 Å². The smallest absolute Gasteiger partial charge is 0.350 e. The molecule has 140 valence electrons. The predicted octanol–water partition coefficient (Wildman–Crippen LogP) is 2.88. The summed E-state index contributed by atoms with van der Waals surface area (Å²) in [5.41, 5.74) is -0.893. The number of carbonyl (C=O) groups excluding carboxylic acids is 2. The van der Waals surface area contributed by atoms with Crippen LogP contribution in [0.25, 0.3) is 0 Å². The minimum atomic E-state index is -4.42.